The number of ether oxygens (including phenoxy) is 1. The fourth-order valence-electron chi connectivity index (χ4n) is 1.39. The van der Waals surface area contributed by atoms with Gasteiger partial charge in [-0.25, -0.2) is 5.84 Å². The molecule has 1 amide bonds. The van der Waals surface area contributed by atoms with Crippen LogP contribution < -0.4 is 11.3 Å². The van der Waals surface area contributed by atoms with E-state index < -0.39 is 6.10 Å². The highest BCUT2D eigenvalue weighted by atomic mass is 16.5. The maximum absolute atomic E-state index is 11.3. The van der Waals surface area contributed by atoms with Crippen molar-refractivity contribution < 1.29 is 9.53 Å². The van der Waals surface area contributed by atoms with Crippen LogP contribution in [0.1, 0.15) is 46.5 Å². The molecule has 0 bridgehead atoms. The van der Waals surface area contributed by atoms with E-state index in [1.807, 2.05) is 13.8 Å². The van der Waals surface area contributed by atoms with Crippen LogP contribution in [0.2, 0.25) is 0 Å². The van der Waals surface area contributed by atoms with Crippen molar-refractivity contribution in [2.24, 2.45) is 11.8 Å². The zero-order valence-corrected chi connectivity index (χ0v) is 10.1. The fourth-order valence-corrected chi connectivity index (χ4v) is 1.39. The summed E-state index contributed by atoms with van der Waals surface area (Å²) in [6.45, 7) is 6.70. The molecule has 0 saturated heterocycles. The number of hydrazine groups is 1. The number of hydrogen-bond acceptors (Lipinski definition) is 3. The first-order valence-electron chi connectivity index (χ1n) is 5.75. The first-order valence-corrected chi connectivity index (χ1v) is 5.75. The number of nitrogens with one attached hydrogen (secondary N) is 1. The Kier molecular flexibility index (Phi) is 8.33. The summed E-state index contributed by atoms with van der Waals surface area (Å²) in [6, 6.07) is 0. The van der Waals surface area contributed by atoms with Crippen molar-refractivity contribution in [3.8, 4) is 0 Å². The molecule has 0 aromatic carbocycles. The molecule has 3 N–H and O–H groups in total. The Labute approximate surface area is 92.5 Å². The minimum Gasteiger partial charge on any atom is -0.368 e. The molecule has 1 atom stereocenters. The predicted octanol–water partition coefficient (Wildman–Crippen LogP) is 1.60. The summed E-state index contributed by atoms with van der Waals surface area (Å²) in [5.74, 6) is 5.00. The zero-order valence-electron chi connectivity index (χ0n) is 10.1. The molecule has 15 heavy (non-hydrogen) atoms. The van der Waals surface area contributed by atoms with Crippen LogP contribution >= 0.6 is 0 Å². The van der Waals surface area contributed by atoms with Gasteiger partial charge in [-0.05, 0) is 12.3 Å². The molecule has 0 radical (unpaired) electrons. The topological polar surface area (TPSA) is 64.3 Å². The van der Waals surface area contributed by atoms with Gasteiger partial charge in [-0.2, -0.15) is 0 Å². The molecular formula is C11H24N2O2. The lowest BCUT2D eigenvalue weighted by atomic mass is 10.1. The third-order valence-electron chi connectivity index (χ3n) is 2.30. The van der Waals surface area contributed by atoms with E-state index in [1.165, 1.54) is 12.8 Å². The number of carbonyl (C=O) groups excluding carboxylic acids is 1. The van der Waals surface area contributed by atoms with Gasteiger partial charge in [0.2, 0.25) is 0 Å². The Hall–Kier alpha value is -0.610. The highest BCUT2D eigenvalue weighted by Crippen LogP contribution is 2.08. The molecule has 1 unspecified atom stereocenters. The standard InChI is InChI=1S/C11H24N2O2/c1-4-5-6-7-8-15-10(9(2)3)11(14)13-12/h9-10H,4-8,12H2,1-3H3,(H,13,14). The monoisotopic (exact) mass is 216 g/mol. The van der Waals surface area contributed by atoms with E-state index in [1.54, 1.807) is 0 Å². The summed E-state index contributed by atoms with van der Waals surface area (Å²) < 4.78 is 5.51. The number of nitrogens with two attached hydrogens (primary N) is 1. The van der Waals surface area contributed by atoms with Crippen molar-refractivity contribution in [3.05, 3.63) is 0 Å². The molecule has 0 aliphatic heterocycles. The van der Waals surface area contributed by atoms with Gasteiger partial charge in [0.15, 0.2) is 0 Å². The van der Waals surface area contributed by atoms with E-state index in [0.29, 0.717) is 6.61 Å². The van der Waals surface area contributed by atoms with Gasteiger partial charge in [-0.3, -0.25) is 10.2 Å². The van der Waals surface area contributed by atoms with Gasteiger partial charge < -0.3 is 4.74 Å². The molecule has 0 heterocycles. The van der Waals surface area contributed by atoms with Crippen molar-refractivity contribution in [2.75, 3.05) is 6.61 Å². The van der Waals surface area contributed by atoms with Crippen molar-refractivity contribution in [1.82, 2.24) is 5.43 Å². The number of hydrogen-bond donors (Lipinski definition) is 2. The van der Waals surface area contributed by atoms with Gasteiger partial charge in [0, 0.05) is 6.61 Å². The van der Waals surface area contributed by atoms with E-state index in [-0.39, 0.29) is 11.8 Å². The van der Waals surface area contributed by atoms with Crippen LogP contribution in [0.5, 0.6) is 0 Å². The maximum atomic E-state index is 11.3. The van der Waals surface area contributed by atoms with Crippen LogP contribution in [0.25, 0.3) is 0 Å². The normalized spacial score (nSPS) is 12.9. The minimum absolute atomic E-state index is 0.153. The van der Waals surface area contributed by atoms with Crippen LogP contribution in [0.3, 0.4) is 0 Å². The third kappa shape index (κ3) is 6.47. The molecule has 0 fully saturated rings. The molecule has 90 valence electrons. The Morgan fingerprint density at radius 2 is 2.00 bits per heavy atom. The van der Waals surface area contributed by atoms with Gasteiger partial charge in [0.25, 0.3) is 5.91 Å². The fraction of sp³-hybridized carbons (Fsp3) is 0.909. The van der Waals surface area contributed by atoms with Crippen molar-refractivity contribution in [2.45, 2.75) is 52.6 Å². The average molecular weight is 216 g/mol. The van der Waals surface area contributed by atoms with Crippen molar-refractivity contribution >= 4 is 5.91 Å². The summed E-state index contributed by atoms with van der Waals surface area (Å²) in [4.78, 5) is 11.3. The largest absolute Gasteiger partial charge is 0.368 e. The van der Waals surface area contributed by atoms with Gasteiger partial charge >= 0.3 is 0 Å². The van der Waals surface area contributed by atoms with Crippen LogP contribution in [-0.2, 0) is 9.53 Å². The van der Waals surface area contributed by atoms with Crippen molar-refractivity contribution in [3.63, 3.8) is 0 Å². The van der Waals surface area contributed by atoms with Gasteiger partial charge in [0.1, 0.15) is 6.10 Å². The van der Waals surface area contributed by atoms with Gasteiger partial charge in [-0.1, -0.05) is 40.0 Å². The Morgan fingerprint density at radius 3 is 2.47 bits per heavy atom. The van der Waals surface area contributed by atoms with E-state index in [9.17, 15) is 4.79 Å². The third-order valence-corrected chi connectivity index (χ3v) is 2.30. The van der Waals surface area contributed by atoms with Gasteiger partial charge in [-0.15, -0.1) is 0 Å². The molecule has 4 nitrogen and oxygen atoms in total. The lowest BCUT2D eigenvalue weighted by molar-refractivity contribution is -0.135. The summed E-state index contributed by atoms with van der Waals surface area (Å²) in [6.07, 6.45) is 4.17. The second-order valence-corrected chi connectivity index (χ2v) is 4.10. The highest BCUT2D eigenvalue weighted by Gasteiger charge is 2.21. The molecule has 0 aliphatic carbocycles. The second kappa shape index (κ2) is 8.68. The number of carbonyl (C=O) groups is 1. The summed E-state index contributed by atoms with van der Waals surface area (Å²) >= 11 is 0. The highest BCUT2D eigenvalue weighted by molar-refractivity contribution is 5.80. The zero-order chi connectivity index (χ0) is 11.7. The lowest BCUT2D eigenvalue weighted by Crippen LogP contribution is -2.43. The Bertz CT molecular complexity index is 172. The van der Waals surface area contributed by atoms with E-state index in [4.69, 9.17) is 10.6 Å². The van der Waals surface area contributed by atoms with Crippen LogP contribution in [0, 0.1) is 5.92 Å². The molecule has 0 aromatic heterocycles. The molecule has 0 aromatic rings. The number of unbranched alkanes of at least 4 members (excludes halogenated alkanes) is 3. The number of rotatable bonds is 8. The first kappa shape index (κ1) is 14.4. The van der Waals surface area contributed by atoms with Crippen LogP contribution in [0.15, 0.2) is 0 Å². The maximum Gasteiger partial charge on any atom is 0.263 e. The molecular weight excluding hydrogens is 192 g/mol. The van der Waals surface area contributed by atoms with E-state index >= 15 is 0 Å². The van der Waals surface area contributed by atoms with Crippen molar-refractivity contribution in [1.29, 1.82) is 0 Å². The lowest BCUT2D eigenvalue weighted by Gasteiger charge is -2.19. The quantitative estimate of drug-likeness (QED) is 0.280. The summed E-state index contributed by atoms with van der Waals surface area (Å²) in [7, 11) is 0. The number of amides is 1. The SMILES string of the molecule is CCCCCCOC(C(=O)NN)C(C)C. The Morgan fingerprint density at radius 1 is 1.33 bits per heavy atom. The summed E-state index contributed by atoms with van der Waals surface area (Å²) in [5, 5.41) is 0. The molecule has 0 rings (SSSR count). The second-order valence-electron chi connectivity index (χ2n) is 4.10. The first-order chi connectivity index (χ1) is 7.13. The van der Waals surface area contributed by atoms with E-state index in [2.05, 4.69) is 12.3 Å². The van der Waals surface area contributed by atoms with Crippen LogP contribution in [-0.4, -0.2) is 18.6 Å². The average Bonchev–Trinajstić information content (AvgIpc) is 2.22. The molecule has 0 aliphatic rings. The van der Waals surface area contributed by atoms with Gasteiger partial charge in [0.05, 0.1) is 0 Å². The Balaban J connectivity index is 3.72. The summed E-state index contributed by atoms with van der Waals surface area (Å²) in [5.41, 5.74) is 2.13. The molecule has 0 saturated carbocycles. The minimum atomic E-state index is -0.420. The molecule has 4 heteroatoms. The predicted molar refractivity (Wildman–Crippen MR) is 61.1 cm³/mol. The smallest absolute Gasteiger partial charge is 0.263 e. The van der Waals surface area contributed by atoms with E-state index in [0.717, 1.165) is 12.8 Å². The van der Waals surface area contributed by atoms with Crippen LogP contribution in [0.4, 0.5) is 0 Å². The molecule has 0 spiro atoms.